The van der Waals surface area contributed by atoms with Crippen molar-refractivity contribution in [1.82, 2.24) is 0 Å². The molecule has 22 heavy (non-hydrogen) atoms. The summed E-state index contributed by atoms with van der Waals surface area (Å²) in [6.45, 7) is 21.1. The summed E-state index contributed by atoms with van der Waals surface area (Å²) >= 11 is 0. The van der Waals surface area contributed by atoms with Gasteiger partial charge in [0.05, 0.1) is 0 Å². The van der Waals surface area contributed by atoms with E-state index < -0.39 is 7.80 Å². The van der Waals surface area contributed by atoms with Gasteiger partial charge in [0.25, 0.3) is 0 Å². The van der Waals surface area contributed by atoms with Crippen molar-refractivity contribution < 1.29 is 4.57 Å². The molecule has 4 atom stereocenters. The lowest BCUT2D eigenvalue weighted by Crippen LogP contribution is -2.31. The van der Waals surface area contributed by atoms with Crippen LogP contribution in [0.1, 0.15) is 81.6 Å². The summed E-state index contributed by atoms with van der Waals surface area (Å²) in [5.74, 6) is 3.08. The quantitative estimate of drug-likeness (QED) is 0.488. The van der Waals surface area contributed by atoms with Crippen LogP contribution >= 0.6 is 15.7 Å². The molecule has 0 N–H and O–H groups in total. The fraction of sp³-hybridized carbons (Fsp3) is 1.00. The van der Waals surface area contributed by atoms with Crippen molar-refractivity contribution in [3.63, 3.8) is 0 Å². The summed E-state index contributed by atoms with van der Waals surface area (Å²) in [7, 11) is -1.33. The largest absolute Gasteiger partial charge is 0.346 e. The van der Waals surface area contributed by atoms with Crippen LogP contribution in [0, 0.1) is 17.8 Å². The molecule has 0 aromatic carbocycles. The first kappa shape index (κ1) is 20.6. The van der Waals surface area contributed by atoms with Crippen molar-refractivity contribution in [1.29, 1.82) is 0 Å². The Labute approximate surface area is 142 Å². The SMILES string of the molecule is CC(C)[C@@H]1CC[C@@H](C)C[C@H]1[P+](=O)CP(C(C)(C)C)C(C)(C)C. The molecule has 0 amide bonds. The first-order valence-corrected chi connectivity index (χ1v) is 12.1. The molecule has 0 bridgehead atoms. The molecule has 1 saturated carbocycles. The second-order valence-corrected chi connectivity index (χ2v) is 15.9. The highest BCUT2D eigenvalue weighted by atomic mass is 31.2. The predicted molar refractivity (Wildman–Crippen MR) is 104 cm³/mol. The van der Waals surface area contributed by atoms with E-state index in [4.69, 9.17) is 0 Å². The van der Waals surface area contributed by atoms with Crippen LogP contribution in [0.2, 0.25) is 0 Å². The summed E-state index contributed by atoms with van der Waals surface area (Å²) in [6, 6.07) is 0. The van der Waals surface area contributed by atoms with E-state index in [9.17, 15) is 4.57 Å². The highest BCUT2D eigenvalue weighted by Crippen LogP contribution is 2.65. The van der Waals surface area contributed by atoms with Crippen LogP contribution < -0.4 is 0 Å². The normalized spacial score (nSPS) is 28.3. The monoisotopic (exact) mass is 345 g/mol. The van der Waals surface area contributed by atoms with Gasteiger partial charge < -0.3 is 0 Å². The maximum Gasteiger partial charge on any atom is 0.346 e. The molecule has 3 heteroatoms. The zero-order valence-corrected chi connectivity index (χ0v) is 18.2. The highest BCUT2D eigenvalue weighted by Gasteiger charge is 2.47. The Bertz CT molecular complexity index is 362. The van der Waals surface area contributed by atoms with Crippen molar-refractivity contribution in [3.8, 4) is 0 Å². The molecular formula is C19H39OP2+. The Morgan fingerprint density at radius 1 is 1.05 bits per heavy atom. The van der Waals surface area contributed by atoms with E-state index in [-0.39, 0.29) is 18.2 Å². The summed E-state index contributed by atoms with van der Waals surface area (Å²) in [4.78, 5) is 0. The molecule has 130 valence electrons. The molecule has 1 aliphatic rings. The molecule has 0 aromatic heterocycles. The zero-order chi connectivity index (χ0) is 17.3. The Morgan fingerprint density at radius 3 is 1.95 bits per heavy atom. The van der Waals surface area contributed by atoms with Gasteiger partial charge >= 0.3 is 7.80 Å². The number of rotatable bonds is 4. The van der Waals surface area contributed by atoms with Crippen LogP contribution in [0.4, 0.5) is 0 Å². The molecule has 0 aromatic rings. The van der Waals surface area contributed by atoms with Crippen LogP contribution in [0.25, 0.3) is 0 Å². The molecule has 1 rings (SSSR count). The van der Waals surface area contributed by atoms with Gasteiger partial charge in [0.15, 0.2) is 11.6 Å². The molecule has 0 saturated heterocycles. The van der Waals surface area contributed by atoms with Gasteiger partial charge in [-0.2, -0.15) is 0 Å². The van der Waals surface area contributed by atoms with E-state index >= 15 is 0 Å². The van der Waals surface area contributed by atoms with Crippen LogP contribution in [0.15, 0.2) is 0 Å². The van der Waals surface area contributed by atoms with E-state index in [1.807, 2.05) is 0 Å². The number of hydrogen-bond acceptors (Lipinski definition) is 1. The van der Waals surface area contributed by atoms with Gasteiger partial charge in [-0.3, -0.25) is 0 Å². The van der Waals surface area contributed by atoms with Gasteiger partial charge in [-0.05, 0) is 42.9 Å². The fourth-order valence-electron chi connectivity index (χ4n) is 4.16. The minimum absolute atomic E-state index is 0.243. The summed E-state index contributed by atoms with van der Waals surface area (Å²) in [5.41, 5.74) is 0.466. The highest BCUT2D eigenvalue weighted by molar-refractivity contribution is 7.71. The Kier molecular flexibility index (Phi) is 7.12. The molecule has 1 fully saturated rings. The van der Waals surface area contributed by atoms with Gasteiger partial charge in [0, 0.05) is 5.92 Å². The summed E-state index contributed by atoms with van der Waals surface area (Å²) in [5, 5.41) is 0.568. The van der Waals surface area contributed by atoms with Gasteiger partial charge in [-0.15, -0.1) is 0 Å². The molecule has 0 heterocycles. The Hall–Kier alpha value is 0.530. The lowest BCUT2D eigenvalue weighted by atomic mass is 9.77. The van der Waals surface area contributed by atoms with Gasteiger partial charge in [0.1, 0.15) is 0 Å². The lowest BCUT2D eigenvalue weighted by molar-refractivity contribution is 0.238. The molecule has 0 spiro atoms. The van der Waals surface area contributed by atoms with Crippen molar-refractivity contribution in [2.75, 3.05) is 5.90 Å². The summed E-state index contributed by atoms with van der Waals surface area (Å²) in [6.07, 6.45) is 3.80. The predicted octanol–water partition coefficient (Wildman–Crippen LogP) is 7.31. The molecule has 1 aliphatic carbocycles. The van der Waals surface area contributed by atoms with E-state index in [0.29, 0.717) is 17.5 Å². The van der Waals surface area contributed by atoms with Crippen LogP contribution in [0.5, 0.6) is 0 Å². The number of hydrogen-bond donors (Lipinski definition) is 0. The van der Waals surface area contributed by atoms with E-state index in [2.05, 4.69) is 62.3 Å². The third-order valence-electron chi connectivity index (χ3n) is 5.26. The van der Waals surface area contributed by atoms with E-state index in [1.54, 1.807) is 0 Å². The molecule has 1 unspecified atom stereocenters. The topological polar surface area (TPSA) is 17.1 Å². The lowest BCUT2D eigenvalue weighted by Gasteiger charge is -2.39. The van der Waals surface area contributed by atoms with Crippen LogP contribution in [0.3, 0.4) is 0 Å². The van der Waals surface area contributed by atoms with Crippen molar-refractivity contribution in [3.05, 3.63) is 0 Å². The summed E-state index contributed by atoms with van der Waals surface area (Å²) < 4.78 is 13.3. The van der Waals surface area contributed by atoms with E-state index in [1.165, 1.54) is 19.3 Å². The average molecular weight is 345 g/mol. The third-order valence-corrected chi connectivity index (χ3v) is 12.1. The second-order valence-electron chi connectivity index (χ2n) is 9.72. The molecule has 1 nitrogen and oxygen atoms in total. The fourth-order valence-corrected chi connectivity index (χ4v) is 13.0. The van der Waals surface area contributed by atoms with Crippen molar-refractivity contribution in [2.24, 2.45) is 17.8 Å². The average Bonchev–Trinajstić information content (AvgIpc) is 2.32. The Morgan fingerprint density at radius 2 is 1.55 bits per heavy atom. The van der Waals surface area contributed by atoms with Gasteiger partial charge in [-0.25, -0.2) is 0 Å². The van der Waals surface area contributed by atoms with Crippen molar-refractivity contribution >= 4 is 15.7 Å². The molecule has 0 aliphatic heterocycles. The first-order valence-electron chi connectivity index (χ1n) is 9.05. The second kappa shape index (κ2) is 7.61. The van der Waals surface area contributed by atoms with Gasteiger partial charge in [0.2, 0.25) is 0 Å². The zero-order valence-electron chi connectivity index (χ0n) is 16.4. The third kappa shape index (κ3) is 5.56. The maximum atomic E-state index is 13.3. The van der Waals surface area contributed by atoms with Crippen molar-refractivity contribution in [2.45, 2.75) is 97.5 Å². The smallest absolute Gasteiger partial charge is 0.0741 e. The maximum absolute atomic E-state index is 13.3. The van der Waals surface area contributed by atoms with Crippen LogP contribution in [-0.2, 0) is 4.57 Å². The first-order chi connectivity index (χ1) is 9.84. The molecular weight excluding hydrogens is 306 g/mol. The molecule has 0 radical (unpaired) electrons. The van der Waals surface area contributed by atoms with Gasteiger partial charge in [-0.1, -0.05) is 73.3 Å². The Balaban J connectivity index is 2.92. The van der Waals surface area contributed by atoms with E-state index in [0.717, 1.165) is 11.8 Å². The standard InChI is InChI=1S/C19H39OP2/c1-14(2)16-11-10-15(3)12-17(16)21(20)13-22(18(4,5)6)19(7,8)9/h14-17H,10-13H2,1-9H3/q+1/t15-,16+,17-/m1/s1. The van der Waals surface area contributed by atoms with Crippen LogP contribution in [-0.4, -0.2) is 21.9 Å². The minimum Gasteiger partial charge on any atom is -0.0741 e. The minimum atomic E-state index is -1.09.